The second-order valence-corrected chi connectivity index (χ2v) is 3.44. The summed E-state index contributed by atoms with van der Waals surface area (Å²) in [6.07, 6.45) is 2.05. The van der Waals surface area contributed by atoms with Crippen molar-refractivity contribution < 1.29 is 0 Å². The largest absolute Gasteiger partial charge is 0.277 e. The van der Waals surface area contributed by atoms with Gasteiger partial charge in [-0.1, -0.05) is 0 Å². The molecule has 2 aromatic heterocycles. The molecule has 0 amide bonds. The van der Waals surface area contributed by atoms with Crippen LogP contribution in [0.15, 0.2) is 17.8 Å². The average molecular weight is 185 g/mol. The molecular weight excluding hydrogens is 176 g/mol. The molecule has 0 aromatic carbocycles. The van der Waals surface area contributed by atoms with Gasteiger partial charge in [-0.3, -0.25) is 9.72 Å². The van der Waals surface area contributed by atoms with Gasteiger partial charge in [0.05, 0.1) is 11.4 Å². The Labute approximate surface area is 81.3 Å². The van der Waals surface area contributed by atoms with Crippen LogP contribution in [0.25, 0.3) is 11.7 Å². The van der Waals surface area contributed by atoms with Crippen molar-refractivity contribution in [3.05, 3.63) is 29.3 Å². The van der Waals surface area contributed by atoms with Crippen LogP contribution in [0.4, 0.5) is 5.69 Å². The van der Waals surface area contributed by atoms with Crippen LogP contribution in [-0.4, -0.2) is 14.6 Å². The topological polar surface area (TPSA) is 44.3 Å². The van der Waals surface area contributed by atoms with Gasteiger partial charge in [-0.15, -0.1) is 10.2 Å². The molecule has 0 atom stereocenters. The lowest BCUT2D eigenvalue weighted by Gasteiger charge is -2.01. The van der Waals surface area contributed by atoms with Gasteiger partial charge < -0.3 is 0 Å². The molecule has 0 aliphatic carbocycles. The van der Waals surface area contributed by atoms with Crippen LogP contribution in [0.2, 0.25) is 0 Å². The molecule has 69 valence electrons. The lowest BCUT2D eigenvalue weighted by molar-refractivity contribution is 0.995. The number of pyridine rings is 1. The molecule has 3 heterocycles. The van der Waals surface area contributed by atoms with Crippen molar-refractivity contribution in [1.82, 2.24) is 19.9 Å². The summed E-state index contributed by atoms with van der Waals surface area (Å²) >= 11 is 0. The quantitative estimate of drug-likeness (QED) is 0.626. The Hall–Kier alpha value is -1.84. The third-order valence-electron chi connectivity index (χ3n) is 2.39. The van der Waals surface area contributed by atoms with Crippen LogP contribution in [0.3, 0.4) is 0 Å². The second-order valence-electron chi connectivity index (χ2n) is 3.44. The molecule has 1 aliphatic heterocycles. The zero-order valence-corrected chi connectivity index (χ0v) is 8.02. The van der Waals surface area contributed by atoms with Crippen LogP contribution in [0.5, 0.6) is 0 Å². The Kier molecular flexibility index (Phi) is 1.27. The highest BCUT2D eigenvalue weighted by Gasteiger charge is 2.15. The highest BCUT2D eigenvalue weighted by Crippen LogP contribution is 2.27. The fourth-order valence-corrected chi connectivity index (χ4v) is 1.79. The van der Waals surface area contributed by atoms with Gasteiger partial charge in [-0.2, -0.15) is 0 Å². The molecule has 1 aliphatic rings. The Bertz CT molecular complexity index is 550. The molecule has 14 heavy (non-hydrogen) atoms. The van der Waals surface area contributed by atoms with E-state index in [0.29, 0.717) is 0 Å². The number of aryl methyl sites for hydroxylation is 1. The number of rotatable bonds is 0. The van der Waals surface area contributed by atoms with Gasteiger partial charge >= 0.3 is 0 Å². The average Bonchev–Trinajstić information content (AvgIpc) is 2.68. The van der Waals surface area contributed by atoms with Crippen molar-refractivity contribution in [1.29, 1.82) is 0 Å². The second kappa shape index (κ2) is 2.35. The fourth-order valence-electron chi connectivity index (χ4n) is 1.79. The molecule has 0 spiro atoms. The molecule has 0 saturated carbocycles. The Morgan fingerprint density at radius 2 is 2.00 bits per heavy atom. The number of hydrogen-bond donors (Lipinski definition) is 0. The minimum Gasteiger partial charge on any atom is -0.277 e. The van der Waals surface area contributed by atoms with Crippen molar-refractivity contribution in [3.63, 3.8) is 0 Å². The molecule has 0 fully saturated rings. The van der Waals surface area contributed by atoms with Crippen LogP contribution in [-0.2, 0) is 0 Å². The van der Waals surface area contributed by atoms with E-state index in [-0.39, 0.29) is 0 Å². The SMILES string of the molecule is CC1=Cc2c(ccc3nnc(C)n23)[N]1. The minimum absolute atomic E-state index is 0.877. The maximum Gasteiger partial charge on any atom is 0.161 e. The van der Waals surface area contributed by atoms with E-state index in [1.165, 1.54) is 0 Å². The van der Waals surface area contributed by atoms with Crippen molar-refractivity contribution >= 4 is 17.4 Å². The monoisotopic (exact) mass is 185 g/mol. The number of allylic oxidation sites excluding steroid dienone is 1. The standard InChI is InChI=1S/C10H9N4/c1-6-5-9-8(11-6)3-4-10-13-12-7(2)14(9)10/h3-5H,1-2H3. The molecule has 4 nitrogen and oxygen atoms in total. The first-order valence-electron chi connectivity index (χ1n) is 4.50. The van der Waals surface area contributed by atoms with Crippen molar-refractivity contribution in [2.75, 3.05) is 0 Å². The number of fused-ring (bicyclic) bond motifs is 3. The summed E-state index contributed by atoms with van der Waals surface area (Å²) < 4.78 is 2.02. The Morgan fingerprint density at radius 3 is 2.86 bits per heavy atom. The van der Waals surface area contributed by atoms with Gasteiger partial charge in [0.25, 0.3) is 0 Å². The van der Waals surface area contributed by atoms with Crippen LogP contribution >= 0.6 is 0 Å². The predicted octanol–water partition coefficient (Wildman–Crippen LogP) is 1.65. The summed E-state index contributed by atoms with van der Waals surface area (Å²) in [6.45, 7) is 3.94. The summed E-state index contributed by atoms with van der Waals surface area (Å²) in [7, 11) is 0. The fraction of sp³-hybridized carbons (Fsp3) is 0.200. The molecule has 4 heteroatoms. The Morgan fingerprint density at radius 1 is 1.14 bits per heavy atom. The molecule has 0 N–H and O–H groups in total. The summed E-state index contributed by atoms with van der Waals surface area (Å²) in [4.78, 5) is 0. The number of aromatic nitrogens is 3. The molecule has 0 saturated heterocycles. The summed E-state index contributed by atoms with van der Waals surface area (Å²) in [5.74, 6) is 0.901. The van der Waals surface area contributed by atoms with Gasteiger partial charge in [0.15, 0.2) is 5.65 Å². The van der Waals surface area contributed by atoms with E-state index >= 15 is 0 Å². The first kappa shape index (κ1) is 7.55. The van der Waals surface area contributed by atoms with Gasteiger partial charge in [0, 0.05) is 5.70 Å². The summed E-state index contributed by atoms with van der Waals surface area (Å²) in [6, 6.07) is 3.92. The van der Waals surface area contributed by atoms with Gasteiger partial charge in [0.1, 0.15) is 5.82 Å². The zero-order valence-electron chi connectivity index (χ0n) is 8.02. The van der Waals surface area contributed by atoms with Crippen molar-refractivity contribution in [2.45, 2.75) is 13.8 Å². The predicted molar refractivity (Wildman–Crippen MR) is 53.2 cm³/mol. The van der Waals surface area contributed by atoms with E-state index in [2.05, 4.69) is 21.6 Å². The van der Waals surface area contributed by atoms with Gasteiger partial charge in [-0.25, -0.2) is 0 Å². The first-order chi connectivity index (χ1) is 6.75. The lowest BCUT2D eigenvalue weighted by atomic mass is 10.3. The summed E-state index contributed by atoms with van der Waals surface area (Å²) in [5.41, 5.74) is 3.99. The van der Waals surface area contributed by atoms with Gasteiger partial charge in [-0.05, 0) is 32.1 Å². The van der Waals surface area contributed by atoms with E-state index in [4.69, 9.17) is 0 Å². The third-order valence-corrected chi connectivity index (χ3v) is 2.39. The summed E-state index contributed by atoms with van der Waals surface area (Å²) in [5, 5.41) is 12.5. The van der Waals surface area contributed by atoms with E-state index in [9.17, 15) is 0 Å². The number of hydrogen-bond acceptors (Lipinski definition) is 2. The lowest BCUT2D eigenvalue weighted by Crippen LogP contribution is -1.94. The third kappa shape index (κ3) is 0.824. The molecule has 1 radical (unpaired) electrons. The highest BCUT2D eigenvalue weighted by atomic mass is 15.3. The van der Waals surface area contributed by atoms with E-state index < -0.39 is 0 Å². The molecule has 2 aromatic rings. The zero-order chi connectivity index (χ0) is 9.71. The van der Waals surface area contributed by atoms with E-state index in [0.717, 1.165) is 28.5 Å². The maximum atomic E-state index is 4.41. The molecular formula is C10H9N4. The van der Waals surface area contributed by atoms with Crippen LogP contribution in [0.1, 0.15) is 18.4 Å². The number of nitrogens with zero attached hydrogens (tertiary/aromatic N) is 4. The van der Waals surface area contributed by atoms with Crippen molar-refractivity contribution in [3.8, 4) is 0 Å². The normalized spacial score (nSPS) is 14.0. The van der Waals surface area contributed by atoms with E-state index in [1.54, 1.807) is 0 Å². The first-order valence-corrected chi connectivity index (χ1v) is 4.50. The Balaban J connectivity index is 2.46. The van der Waals surface area contributed by atoms with Crippen molar-refractivity contribution in [2.24, 2.45) is 0 Å². The molecule has 0 unspecified atom stereocenters. The van der Waals surface area contributed by atoms with Crippen LogP contribution < -0.4 is 5.32 Å². The highest BCUT2D eigenvalue weighted by molar-refractivity contribution is 5.71. The minimum atomic E-state index is 0.877. The molecule has 3 rings (SSSR count). The van der Waals surface area contributed by atoms with Crippen LogP contribution in [0, 0.1) is 6.92 Å². The van der Waals surface area contributed by atoms with E-state index in [1.807, 2.05) is 30.4 Å². The molecule has 0 bridgehead atoms. The maximum absolute atomic E-state index is 4.41. The smallest absolute Gasteiger partial charge is 0.161 e. The van der Waals surface area contributed by atoms with Gasteiger partial charge in [0.2, 0.25) is 0 Å².